The van der Waals surface area contributed by atoms with Gasteiger partial charge in [-0.1, -0.05) is 12.1 Å². The molecular weight excluding hydrogens is 360 g/mol. The molecule has 2 aromatic carbocycles. The molecule has 0 bridgehead atoms. The summed E-state index contributed by atoms with van der Waals surface area (Å²) in [4.78, 5) is 37.9. The van der Waals surface area contributed by atoms with Crippen molar-refractivity contribution < 1.29 is 23.9 Å². The number of hydrogen-bond donors (Lipinski definition) is 1. The average Bonchev–Trinajstić information content (AvgIpc) is 2.67. The van der Waals surface area contributed by atoms with Gasteiger partial charge in [0.15, 0.2) is 0 Å². The van der Waals surface area contributed by atoms with Gasteiger partial charge in [0.25, 0.3) is 0 Å². The maximum atomic E-state index is 12.5. The first kappa shape index (κ1) is 21.0. The Morgan fingerprint density at radius 2 is 1.64 bits per heavy atom. The molecule has 0 fully saturated rings. The number of carbonyl (C=O) groups is 3. The summed E-state index contributed by atoms with van der Waals surface area (Å²) in [5.74, 6) is -0.547. The zero-order chi connectivity index (χ0) is 20.5. The topological polar surface area (TPSA) is 84.9 Å². The predicted octanol–water partition coefficient (Wildman–Crippen LogP) is 3.25. The van der Waals surface area contributed by atoms with Gasteiger partial charge in [0.05, 0.1) is 24.5 Å². The monoisotopic (exact) mass is 384 g/mol. The number of hydrogen-bond acceptors (Lipinski definition) is 5. The molecule has 0 saturated heterocycles. The number of nitrogens with zero attached hydrogens (tertiary/aromatic N) is 1. The van der Waals surface area contributed by atoms with Gasteiger partial charge < -0.3 is 19.7 Å². The van der Waals surface area contributed by atoms with Gasteiger partial charge in [-0.15, -0.1) is 0 Å². The second kappa shape index (κ2) is 10.1. The van der Waals surface area contributed by atoms with Crippen molar-refractivity contribution in [3.63, 3.8) is 0 Å². The highest BCUT2D eigenvalue weighted by atomic mass is 16.5. The number of para-hydroxylation sites is 1. The quantitative estimate of drug-likeness (QED) is 0.706. The lowest BCUT2D eigenvalue weighted by molar-refractivity contribution is -0.120. The van der Waals surface area contributed by atoms with Gasteiger partial charge in [-0.05, 0) is 50.2 Å². The molecule has 0 spiro atoms. The zero-order valence-electron chi connectivity index (χ0n) is 16.2. The van der Waals surface area contributed by atoms with E-state index < -0.39 is 11.9 Å². The van der Waals surface area contributed by atoms with Crippen LogP contribution in [0.3, 0.4) is 0 Å². The maximum absolute atomic E-state index is 12.5. The van der Waals surface area contributed by atoms with Crippen LogP contribution < -0.4 is 15.0 Å². The molecule has 2 amide bonds. The van der Waals surface area contributed by atoms with Gasteiger partial charge in [0, 0.05) is 12.6 Å². The van der Waals surface area contributed by atoms with Crippen molar-refractivity contribution in [2.75, 3.05) is 30.0 Å². The lowest BCUT2D eigenvalue weighted by atomic mass is 10.1. The minimum absolute atomic E-state index is 0.194. The van der Waals surface area contributed by atoms with Crippen LogP contribution in [-0.4, -0.2) is 37.5 Å². The van der Waals surface area contributed by atoms with Crippen LogP contribution in [0.2, 0.25) is 0 Å². The largest absolute Gasteiger partial charge is 0.494 e. The van der Waals surface area contributed by atoms with Crippen LogP contribution in [0.1, 0.15) is 31.1 Å². The molecule has 2 aromatic rings. The van der Waals surface area contributed by atoms with Crippen molar-refractivity contribution in [1.82, 2.24) is 0 Å². The fraction of sp³-hybridized carbons (Fsp3) is 0.286. The van der Waals surface area contributed by atoms with E-state index in [4.69, 9.17) is 9.47 Å². The van der Waals surface area contributed by atoms with E-state index in [1.807, 2.05) is 6.92 Å². The molecule has 28 heavy (non-hydrogen) atoms. The van der Waals surface area contributed by atoms with Gasteiger partial charge in [0.1, 0.15) is 12.3 Å². The molecule has 0 heterocycles. The second-order valence-electron chi connectivity index (χ2n) is 5.85. The molecule has 2 rings (SSSR count). The first-order chi connectivity index (χ1) is 13.5. The van der Waals surface area contributed by atoms with Gasteiger partial charge >= 0.3 is 5.97 Å². The van der Waals surface area contributed by atoms with Crippen LogP contribution in [0.4, 0.5) is 11.4 Å². The summed E-state index contributed by atoms with van der Waals surface area (Å²) in [6.07, 6.45) is 0. The SMILES string of the molecule is CCOC(=O)c1ccccc1NC(=O)CN(C(C)=O)c1ccc(OCC)cc1. The summed E-state index contributed by atoms with van der Waals surface area (Å²) in [6.45, 7) is 5.56. The summed E-state index contributed by atoms with van der Waals surface area (Å²) >= 11 is 0. The van der Waals surface area contributed by atoms with E-state index >= 15 is 0 Å². The van der Waals surface area contributed by atoms with Crippen molar-refractivity contribution in [3.8, 4) is 5.75 Å². The number of esters is 1. The molecular formula is C21H24N2O5. The van der Waals surface area contributed by atoms with Crippen molar-refractivity contribution in [3.05, 3.63) is 54.1 Å². The Hall–Kier alpha value is -3.35. The molecule has 7 heteroatoms. The highest BCUT2D eigenvalue weighted by molar-refractivity contribution is 6.05. The lowest BCUT2D eigenvalue weighted by Gasteiger charge is -2.21. The fourth-order valence-electron chi connectivity index (χ4n) is 2.59. The van der Waals surface area contributed by atoms with Crippen LogP contribution in [0.5, 0.6) is 5.75 Å². The fourth-order valence-corrected chi connectivity index (χ4v) is 2.59. The molecule has 1 N–H and O–H groups in total. The van der Waals surface area contributed by atoms with Gasteiger partial charge in [0.2, 0.25) is 11.8 Å². The van der Waals surface area contributed by atoms with Gasteiger partial charge in [-0.2, -0.15) is 0 Å². The average molecular weight is 384 g/mol. The van der Waals surface area contributed by atoms with Crippen LogP contribution in [0.25, 0.3) is 0 Å². The minimum Gasteiger partial charge on any atom is -0.494 e. The van der Waals surface area contributed by atoms with Crippen molar-refractivity contribution in [1.29, 1.82) is 0 Å². The van der Waals surface area contributed by atoms with Crippen molar-refractivity contribution in [2.24, 2.45) is 0 Å². The Morgan fingerprint density at radius 1 is 0.964 bits per heavy atom. The number of nitrogens with one attached hydrogen (secondary N) is 1. The molecule has 0 aliphatic heterocycles. The Balaban J connectivity index is 2.13. The number of benzene rings is 2. The Morgan fingerprint density at radius 3 is 2.25 bits per heavy atom. The first-order valence-electron chi connectivity index (χ1n) is 9.03. The molecule has 0 unspecified atom stereocenters. The molecule has 148 valence electrons. The molecule has 0 aromatic heterocycles. The lowest BCUT2D eigenvalue weighted by Crippen LogP contribution is -2.36. The number of amides is 2. The second-order valence-corrected chi connectivity index (χ2v) is 5.85. The number of carbonyl (C=O) groups excluding carboxylic acids is 3. The molecule has 0 radical (unpaired) electrons. The van der Waals surface area contributed by atoms with Crippen LogP contribution in [0, 0.1) is 0 Å². The normalized spacial score (nSPS) is 10.1. The van der Waals surface area contributed by atoms with E-state index in [-0.39, 0.29) is 24.6 Å². The molecule has 0 saturated carbocycles. The smallest absolute Gasteiger partial charge is 0.340 e. The van der Waals surface area contributed by atoms with E-state index in [0.29, 0.717) is 23.7 Å². The molecule has 0 aliphatic rings. The standard InChI is InChI=1S/C21H24N2O5/c1-4-27-17-12-10-16(11-13-17)23(15(3)24)14-20(25)22-19-9-7-6-8-18(19)21(26)28-5-2/h6-13H,4-5,14H2,1-3H3,(H,22,25). The molecule has 0 atom stereocenters. The number of rotatable bonds is 8. The summed E-state index contributed by atoms with van der Waals surface area (Å²) in [6, 6.07) is 13.5. The summed E-state index contributed by atoms with van der Waals surface area (Å²) in [7, 11) is 0. The molecule has 7 nitrogen and oxygen atoms in total. The van der Waals surface area contributed by atoms with E-state index in [2.05, 4.69) is 5.32 Å². The Labute approximate surface area is 164 Å². The third-order valence-corrected chi connectivity index (χ3v) is 3.84. The van der Waals surface area contributed by atoms with E-state index in [1.165, 1.54) is 11.8 Å². The highest BCUT2D eigenvalue weighted by Crippen LogP contribution is 2.21. The third-order valence-electron chi connectivity index (χ3n) is 3.84. The summed E-state index contributed by atoms with van der Waals surface area (Å²) in [5, 5.41) is 2.68. The summed E-state index contributed by atoms with van der Waals surface area (Å²) < 4.78 is 10.4. The third kappa shape index (κ3) is 5.57. The van der Waals surface area contributed by atoms with Crippen LogP contribution >= 0.6 is 0 Å². The van der Waals surface area contributed by atoms with E-state index in [0.717, 1.165) is 0 Å². The Kier molecular flexibility index (Phi) is 7.56. The minimum atomic E-state index is -0.520. The molecule has 0 aliphatic carbocycles. The zero-order valence-corrected chi connectivity index (χ0v) is 16.2. The van der Waals surface area contributed by atoms with Crippen molar-refractivity contribution in [2.45, 2.75) is 20.8 Å². The van der Waals surface area contributed by atoms with E-state index in [9.17, 15) is 14.4 Å². The van der Waals surface area contributed by atoms with Gasteiger partial charge in [-0.3, -0.25) is 9.59 Å². The number of anilines is 2. The number of ether oxygens (including phenoxy) is 2. The van der Waals surface area contributed by atoms with Crippen LogP contribution in [-0.2, 0) is 14.3 Å². The van der Waals surface area contributed by atoms with Crippen molar-refractivity contribution >= 4 is 29.2 Å². The first-order valence-corrected chi connectivity index (χ1v) is 9.03. The highest BCUT2D eigenvalue weighted by Gasteiger charge is 2.18. The maximum Gasteiger partial charge on any atom is 0.340 e. The van der Waals surface area contributed by atoms with Gasteiger partial charge in [-0.25, -0.2) is 4.79 Å². The van der Waals surface area contributed by atoms with E-state index in [1.54, 1.807) is 55.5 Å². The Bertz CT molecular complexity index is 833. The van der Waals surface area contributed by atoms with Crippen LogP contribution in [0.15, 0.2) is 48.5 Å². The predicted molar refractivity (Wildman–Crippen MR) is 107 cm³/mol. The summed E-state index contributed by atoms with van der Waals surface area (Å²) in [5.41, 5.74) is 1.17.